The molecule has 3 rings (SSSR count). The van der Waals surface area contributed by atoms with Crippen LogP contribution < -0.4 is 4.74 Å². The van der Waals surface area contributed by atoms with Crippen LogP contribution in [0.15, 0.2) is 84.9 Å². The van der Waals surface area contributed by atoms with Crippen LogP contribution in [-0.2, 0) is 11.2 Å². The van der Waals surface area contributed by atoms with Crippen molar-refractivity contribution < 1.29 is 14.6 Å². The standard InChI is InChI=1S/C21H18O3/c22-21(23)20(15-16-7-3-1-4-8-16)24-19-13-11-18(12-14-19)17-9-5-2-6-10-17/h1-14,20H,15H2,(H,22,23)/t20-/m0/s1. The predicted octanol–water partition coefficient (Wildman–Crippen LogP) is 4.43. The summed E-state index contributed by atoms with van der Waals surface area (Å²) in [6.45, 7) is 0. The lowest BCUT2D eigenvalue weighted by molar-refractivity contribution is -0.145. The number of carbonyl (C=O) groups is 1. The zero-order chi connectivity index (χ0) is 16.8. The van der Waals surface area contributed by atoms with Crippen LogP contribution in [0, 0.1) is 0 Å². The quantitative estimate of drug-likeness (QED) is 0.731. The molecule has 0 aliphatic carbocycles. The predicted molar refractivity (Wildman–Crippen MR) is 94.1 cm³/mol. The summed E-state index contributed by atoms with van der Waals surface area (Å²) in [4.78, 5) is 11.5. The van der Waals surface area contributed by atoms with E-state index in [2.05, 4.69) is 0 Å². The summed E-state index contributed by atoms with van der Waals surface area (Å²) in [6.07, 6.45) is -0.577. The minimum atomic E-state index is -0.967. The molecule has 24 heavy (non-hydrogen) atoms. The fraction of sp³-hybridized carbons (Fsp3) is 0.0952. The minimum Gasteiger partial charge on any atom is -0.478 e. The van der Waals surface area contributed by atoms with E-state index >= 15 is 0 Å². The fourth-order valence-electron chi connectivity index (χ4n) is 2.53. The Balaban J connectivity index is 1.72. The molecule has 120 valence electrons. The SMILES string of the molecule is O=C(O)[C@H](Cc1ccccc1)Oc1ccc(-c2ccccc2)cc1. The number of hydrogen-bond acceptors (Lipinski definition) is 2. The first-order valence-electron chi connectivity index (χ1n) is 7.81. The molecule has 0 aliphatic rings. The van der Waals surface area contributed by atoms with Gasteiger partial charge in [0, 0.05) is 6.42 Å². The van der Waals surface area contributed by atoms with Gasteiger partial charge in [0.2, 0.25) is 0 Å². The molecule has 0 amide bonds. The zero-order valence-electron chi connectivity index (χ0n) is 13.1. The molecule has 3 aromatic rings. The maximum atomic E-state index is 11.5. The lowest BCUT2D eigenvalue weighted by Crippen LogP contribution is -2.29. The molecule has 0 heterocycles. The number of benzene rings is 3. The third kappa shape index (κ3) is 4.02. The van der Waals surface area contributed by atoms with Crippen LogP contribution in [0.4, 0.5) is 0 Å². The molecule has 3 aromatic carbocycles. The number of carboxylic acid groups (broad SMARTS) is 1. The monoisotopic (exact) mass is 318 g/mol. The van der Waals surface area contributed by atoms with Crippen molar-refractivity contribution in [3.8, 4) is 16.9 Å². The molecular weight excluding hydrogens is 300 g/mol. The van der Waals surface area contributed by atoms with E-state index in [1.165, 1.54) is 0 Å². The zero-order valence-corrected chi connectivity index (χ0v) is 13.1. The lowest BCUT2D eigenvalue weighted by Gasteiger charge is -2.15. The summed E-state index contributed by atoms with van der Waals surface area (Å²) in [6, 6.07) is 27.0. The Morgan fingerprint density at radius 3 is 1.92 bits per heavy atom. The van der Waals surface area contributed by atoms with E-state index in [0.717, 1.165) is 16.7 Å². The van der Waals surface area contributed by atoms with Gasteiger partial charge in [0.25, 0.3) is 0 Å². The Morgan fingerprint density at radius 1 is 0.792 bits per heavy atom. The van der Waals surface area contributed by atoms with Crippen LogP contribution in [0.25, 0.3) is 11.1 Å². The van der Waals surface area contributed by atoms with Crippen LogP contribution in [0.5, 0.6) is 5.75 Å². The maximum Gasteiger partial charge on any atom is 0.345 e. The van der Waals surface area contributed by atoms with Crippen molar-refractivity contribution in [2.24, 2.45) is 0 Å². The average molecular weight is 318 g/mol. The van der Waals surface area contributed by atoms with Gasteiger partial charge in [-0.2, -0.15) is 0 Å². The lowest BCUT2D eigenvalue weighted by atomic mass is 10.1. The summed E-state index contributed by atoms with van der Waals surface area (Å²) < 4.78 is 5.67. The van der Waals surface area contributed by atoms with Gasteiger partial charge in [0.15, 0.2) is 6.10 Å². The number of aliphatic carboxylic acids is 1. The molecule has 0 radical (unpaired) electrons. The number of rotatable bonds is 6. The third-order valence-electron chi connectivity index (χ3n) is 3.78. The summed E-state index contributed by atoms with van der Waals surface area (Å²) in [5.41, 5.74) is 3.12. The molecular formula is C21H18O3. The molecule has 0 aromatic heterocycles. The molecule has 1 N–H and O–H groups in total. The van der Waals surface area contributed by atoms with Gasteiger partial charge in [-0.1, -0.05) is 72.8 Å². The van der Waals surface area contributed by atoms with Crippen LogP contribution in [0.3, 0.4) is 0 Å². The van der Waals surface area contributed by atoms with Gasteiger partial charge >= 0.3 is 5.97 Å². The smallest absolute Gasteiger partial charge is 0.345 e. The van der Waals surface area contributed by atoms with Crippen LogP contribution >= 0.6 is 0 Å². The van der Waals surface area contributed by atoms with Crippen molar-refractivity contribution in [1.82, 2.24) is 0 Å². The van der Waals surface area contributed by atoms with E-state index in [-0.39, 0.29) is 0 Å². The van der Waals surface area contributed by atoms with E-state index in [1.807, 2.05) is 84.9 Å². The van der Waals surface area contributed by atoms with E-state index in [4.69, 9.17) is 4.74 Å². The summed E-state index contributed by atoms with van der Waals surface area (Å²) in [5.74, 6) is -0.413. The van der Waals surface area contributed by atoms with E-state index < -0.39 is 12.1 Å². The first-order valence-corrected chi connectivity index (χ1v) is 7.81. The van der Waals surface area contributed by atoms with Gasteiger partial charge in [-0.3, -0.25) is 0 Å². The number of hydrogen-bond donors (Lipinski definition) is 1. The fourth-order valence-corrected chi connectivity index (χ4v) is 2.53. The van der Waals surface area contributed by atoms with Crippen LogP contribution in [0.2, 0.25) is 0 Å². The second-order valence-electron chi connectivity index (χ2n) is 5.52. The van der Waals surface area contributed by atoms with Gasteiger partial charge < -0.3 is 9.84 Å². The highest BCUT2D eigenvalue weighted by molar-refractivity contribution is 5.73. The first kappa shape index (κ1) is 15.8. The highest BCUT2D eigenvalue weighted by atomic mass is 16.5. The molecule has 0 spiro atoms. The highest BCUT2D eigenvalue weighted by Crippen LogP contribution is 2.23. The first-order chi connectivity index (χ1) is 11.7. The van der Waals surface area contributed by atoms with E-state index in [1.54, 1.807) is 0 Å². The maximum absolute atomic E-state index is 11.5. The number of ether oxygens (including phenoxy) is 1. The average Bonchev–Trinajstić information content (AvgIpc) is 2.63. The van der Waals surface area contributed by atoms with Gasteiger partial charge in [0.05, 0.1) is 0 Å². The second kappa shape index (κ2) is 7.47. The molecule has 0 aliphatic heterocycles. The normalized spacial score (nSPS) is 11.7. The molecule has 0 saturated heterocycles. The van der Waals surface area contributed by atoms with Crippen molar-refractivity contribution in [1.29, 1.82) is 0 Å². The summed E-state index contributed by atoms with van der Waals surface area (Å²) >= 11 is 0. The van der Waals surface area contributed by atoms with Crippen molar-refractivity contribution in [2.75, 3.05) is 0 Å². The molecule has 1 atom stereocenters. The van der Waals surface area contributed by atoms with Gasteiger partial charge in [0.1, 0.15) is 5.75 Å². The van der Waals surface area contributed by atoms with Crippen molar-refractivity contribution in [3.05, 3.63) is 90.5 Å². The topological polar surface area (TPSA) is 46.5 Å². The van der Waals surface area contributed by atoms with Crippen LogP contribution in [-0.4, -0.2) is 17.2 Å². The highest BCUT2D eigenvalue weighted by Gasteiger charge is 2.20. The van der Waals surface area contributed by atoms with Crippen molar-refractivity contribution in [3.63, 3.8) is 0 Å². The minimum absolute atomic E-state index is 0.330. The molecule has 0 bridgehead atoms. The van der Waals surface area contributed by atoms with Gasteiger partial charge in [-0.15, -0.1) is 0 Å². The molecule has 3 nitrogen and oxygen atoms in total. The Hall–Kier alpha value is -3.07. The molecule has 0 fully saturated rings. The van der Waals surface area contributed by atoms with E-state index in [9.17, 15) is 9.90 Å². The molecule has 0 unspecified atom stereocenters. The van der Waals surface area contributed by atoms with Crippen molar-refractivity contribution in [2.45, 2.75) is 12.5 Å². The van der Waals surface area contributed by atoms with Crippen LogP contribution in [0.1, 0.15) is 5.56 Å². The summed E-state index contributed by atoms with van der Waals surface area (Å²) in [5, 5.41) is 9.40. The Morgan fingerprint density at radius 2 is 1.33 bits per heavy atom. The van der Waals surface area contributed by atoms with Gasteiger partial charge in [-0.25, -0.2) is 4.79 Å². The summed E-state index contributed by atoms with van der Waals surface area (Å²) in [7, 11) is 0. The van der Waals surface area contributed by atoms with E-state index in [0.29, 0.717) is 12.2 Å². The molecule has 0 saturated carbocycles. The Kier molecular flexibility index (Phi) is 4.92. The van der Waals surface area contributed by atoms with Gasteiger partial charge in [-0.05, 0) is 28.8 Å². The largest absolute Gasteiger partial charge is 0.478 e. The third-order valence-corrected chi connectivity index (χ3v) is 3.78. The number of carboxylic acids is 1. The van der Waals surface area contributed by atoms with Crippen molar-refractivity contribution >= 4 is 5.97 Å². The Labute approximate surface area is 141 Å². The second-order valence-corrected chi connectivity index (χ2v) is 5.52. The Bertz CT molecular complexity index is 780. The molecule has 3 heteroatoms.